The van der Waals surface area contributed by atoms with Crippen molar-refractivity contribution in [1.29, 1.82) is 0 Å². The highest BCUT2D eigenvalue weighted by atomic mass is 16.4. The Morgan fingerprint density at radius 2 is 1.61 bits per heavy atom. The molecule has 0 radical (unpaired) electrons. The van der Waals surface area contributed by atoms with Crippen molar-refractivity contribution in [3.05, 3.63) is 59.7 Å². The molecule has 0 aliphatic heterocycles. The predicted molar refractivity (Wildman–Crippen MR) is 167 cm³/mol. The minimum atomic E-state index is -1.09. The molecule has 2 aromatic carbocycles. The van der Waals surface area contributed by atoms with Crippen LogP contribution in [0.15, 0.2) is 48.5 Å². The number of aliphatic carboxylic acids is 1. The second kappa shape index (κ2) is 15.4. The van der Waals surface area contributed by atoms with Gasteiger partial charge in [0, 0.05) is 48.4 Å². The lowest BCUT2D eigenvalue weighted by Gasteiger charge is -2.26. The number of nitrogens with one attached hydrogen (secondary N) is 3. The molecule has 1 aliphatic carbocycles. The first-order valence-electron chi connectivity index (χ1n) is 15.1. The van der Waals surface area contributed by atoms with Gasteiger partial charge in [-0.25, -0.2) is 4.79 Å². The summed E-state index contributed by atoms with van der Waals surface area (Å²) in [7, 11) is 0. The van der Waals surface area contributed by atoms with Crippen LogP contribution in [-0.2, 0) is 30.4 Å². The highest BCUT2D eigenvalue weighted by Crippen LogP contribution is 2.50. The van der Waals surface area contributed by atoms with E-state index in [0.29, 0.717) is 30.6 Å². The quantitative estimate of drug-likeness (QED) is 0.186. The monoisotopic (exact) mass is 605 g/mol. The van der Waals surface area contributed by atoms with Crippen LogP contribution in [0.5, 0.6) is 0 Å². The van der Waals surface area contributed by atoms with E-state index in [1.165, 1.54) is 6.92 Å². The van der Waals surface area contributed by atoms with Crippen LogP contribution in [0.25, 0.3) is 0 Å². The maximum Gasteiger partial charge on any atom is 0.323 e. The predicted octanol–water partition coefficient (Wildman–Crippen LogP) is 5.48. The summed E-state index contributed by atoms with van der Waals surface area (Å²) in [5.74, 6) is -3.03. The van der Waals surface area contributed by atoms with Gasteiger partial charge in [0.1, 0.15) is 11.6 Å². The molecule has 10 nitrogen and oxygen atoms in total. The summed E-state index contributed by atoms with van der Waals surface area (Å²) in [5.41, 5.74) is 2.21. The number of urea groups is 1. The zero-order valence-corrected chi connectivity index (χ0v) is 25.9. The Morgan fingerprint density at radius 3 is 2.18 bits per heavy atom. The van der Waals surface area contributed by atoms with Crippen molar-refractivity contribution in [3.8, 4) is 0 Å². The largest absolute Gasteiger partial charge is 0.481 e. The molecule has 44 heavy (non-hydrogen) atoms. The molecule has 0 heterocycles. The van der Waals surface area contributed by atoms with Crippen LogP contribution in [0.2, 0.25) is 0 Å². The number of anilines is 2. The van der Waals surface area contributed by atoms with Crippen LogP contribution < -0.4 is 16.0 Å². The van der Waals surface area contributed by atoms with Gasteiger partial charge in [-0.1, -0.05) is 50.6 Å². The molecule has 2 aromatic rings. The topological polar surface area (TPSA) is 159 Å². The van der Waals surface area contributed by atoms with Gasteiger partial charge in [-0.05, 0) is 68.4 Å². The van der Waals surface area contributed by atoms with Crippen molar-refractivity contribution in [2.45, 2.75) is 85.1 Å². The Balaban J connectivity index is 1.61. The van der Waals surface area contributed by atoms with Gasteiger partial charge in [0.15, 0.2) is 5.78 Å². The third-order valence-corrected chi connectivity index (χ3v) is 8.59. The van der Waals surface area contributed by atoms with Crippen LogP contribution in [0.3, 0.4) is 0 Å². The van der Waals surface area contributed by atoms with Crippen molar-refractivity contribution in [1.82, 2.24) is 5.32 Å². The summed E-state index contributed by atoms with van der Waals surface area (Å²) in [6.07, 6.45) is 1.45. The van der Waals surface area contributed by atoms with Crippen LogP contribution in [0.4, 0.5) is 16.2 Å². The van der Waals surface area contributed by atoms with Gasteiger partial charge in [-0.2, -0.15) is 0 Å². The number of Topliss-reactive ketones (excluding diaryl/α,β-unsaturated/α-hetero) is 3. The third kappa shape index (κ3) is 9.86. The van der Waals surface area contributed by atoms with E-state index in [2.05, 4.69) is 16.0 Å². The molecule has 10 heteroatoms. The first-order valence-corrected chi connectivity index (χ1v) is 15.1. The molecule has 3 rings (SSSR count). The van der Waals surface area contributed by atoms with Gasteiger partial charge in [-0.3, -0.25) is 24.0 Å². The number of carboxylic acid groups (broad SMARTS) is 1. The van der Waals surface area contributed by atoms with Crippen LogP contribution in [0.1, 0.15) is 76.8 Å². The summed E-state index contributed by atoms with van der Waals surface area (Å²) in [6, 6.07) is 12.9. The molecular weight excluding hydrogens is 562 g/mol. The van der Waals surface area contributed by atoms with E-state index in [-0.39, 0.29) is 61.4 Å². The lowest BCUT2D eigenvalue weighted by molar-refractivity contribution is -0.138. The Morgan fingerprint density at radius 1 is 0.955 bits per heavy atom. The van der Waals surface area contributed by atoms with Crippen molar-refractivity contribution >= 4 is 46.6 Å². The number of carbonyl (C=O) groups excluding carboxylic acids is 5. The Labute approximate surface area is 258 Å². The number of benzene rings is 2. The molecule has 1 saturated carbocycles. The van der Waals surface area contributed by atoms with Gasteiger partial charge in [0.05, 0.1) is 6.04 Å². The Kier molecular flexibility index (Phi) is 12.0. The minimum Gasteiger partial charge on any atom is -0.481 e. The van der Waals surface area contributed by atoms with Gasteiger partial charge < -0.3 is 21.1 Å². The fraction of sp³-hybridized carbons (Fsp3) is 0.471. The number of ketones is 3. The van der Waals surface area contributed by atoms with Crippen molar-refractivity contribution < 1.29 is 33.9 Å². The van der Waals surface area contributed by atoms with Crippen molar-refractivity contribution in [2.24, 2.45) is 17.3 Å². The van der Waals surface area contributed by atoms with E-state index in [4.69, 9.17) is 0 Å². The number of hydrogen-bond donors (Lipinski definition) is 4. The molecule has 0 spiro atoms. The van der Waals surface area contributed by atoms with Gasteiger partial charge >= 0.3 is 12.0 Å². The average molecular weight is 606 g/mol. The number of amides is 3. The lowest BCUT2D eigenvalue weighted by Crippen LogP contribution is -2.46. The van der Waals surface area contributed by atoms with Crippen LogP contribution in [-0.4, -0.2) is 46.4 Å². The molecule has 1 fully saturated rings. The molecule has 0 bridgehead atoms. The minimum absolute atomic E-state index is 0.0295. The van der Waals surface area contributed by atoms with E-state index in [9.17, 15) is 33.9 Å². The second-order valence-corrected chi connectivity index (χ2v) is 12.0. The Hall–Kier alpha value is -4.34. The number of hydrogen-bond acceptors (Lipinski definition) is 6. The summed E-state index contributed by atoms with van der Waals surface area (Å²) in [5, 5.41) is 17.5. The summed E-state index contributed by atoms with van der Waals surface area (Å²) in [6.45, 7) is 7.12. The molecular formula is C34H43N3O7. The van der Waals surface area contributed by atoms with Gasteiger partial charge in [0.2, 0.25) is 5.91 Å². The summed E-state index contributed by atoms with van der Waals surface area (Å²) in [4.78, 5) is 75.3. The number of rotatable bonds is 17. The summed E-state index contributed by atoms with van der Waals surface area (Å²) >= 11 is 0. The fourth-order valence-corrected chi connectivity index (χ4v) is 5.21. The molecule has 0 aromatic heterocycles. The summed E-state index contributed by atoms with van der Waals surface area (Å²) < 4.78 is 0. The normalized spacial score (nSPS) is 15.3. The van der Waals surface area contributed by atoms with E-state index in [0.717, 1.165) is 11.1 Å². The fourth-order valence-electron chi connectivity index (χ4n) is 5.21. The Bertz CT molecular complexity index is 1380. The molecule has 3 amide bonds. The van der Waals surface area contributed by atoms with Crippen molar-refractivity contribution in [2.75, 3.05) is 10.6 Å². The smallest absolute Gasteiger partial charge is 0.323 e. The SMILES string of the molecule is CCC(C)[C@H](CC(=O)Cc1ccc(NC(=O)Nc2ccccc2C)cc1)C(=O)N[C@@H](CCC(=O)O)C(=O)CC1(C(C)=O)CC1. The molecule has 1 aliphatic rings. The average Bonchev–Trinajstić information content (AvgIpc) is 3.76. The molecule has 3 atom stereocenters. The lowest BCUT2D eigenvalue weighted by atomic mass is 9.84. The van der Waals surface area contributed by atoms with E-state index >= 15 is 0 Å². The van der Waals surface area contributed by atoms with E-state index in [1.807, 2.05) is 45.0 Å². The second-order valence-electron chi connectivity index (χ2n) is 12.0. The van der Waals surface area contributed by atoms with E-state index < -0.39 is 29.3 Å². The molecule has 4 N–H and O–H groups in total. The first kappa shape index (κ1) is 34.2. The van der Waals surface area contributed by atoms with Crippen LogP contribution in [0, 0.1) is 24.2 Å². The zero-order chi connectivity index (χ0) is 32.4. The number of carbonyl (C=O) groups is 6. The standard InChI is InChI=1S/C34H43N3O7/c1-5-21(2)27(32(43)36-29(14-15-31(41)42)30(40)20-34(16-17-34)23(4)38)19-26(39)18-24-10-12-25(13-11-24)35-33(44)37-28-9-7-6-8-22(28)3/h6-13,21,27,29H,5,14-20H2,1-4H3,(H,36,43)(H,41,42)(H2,35,37,44)/t21?,27-,29-/m0/s1. The third-order valence-electron chi connectivity index (χ3n) is 8.59. The highest BCUT2D eigenvalue weighted by molar-refractivity contribution is 6.00. The van der Waals surface area contributed by atoms with Crippen LogP contribution >= 0.6 is 0 Å². The first-order chi connectivity index (χ1) is 20.8. The molecule has 236 valence electrons. The van der Waals surface area contributed by atoms with Gasteiger partial charge in [-0.15, -0.1) is 0 Å². The highest BCUT2D eigenvalue weighted by Gasteiger charge is 2.49. The number of aryl methyl sites for hydroxylation is 1. The van der Waals surface area contributed by atoms with Crippen molar-refractivity contribution in [3.63, 3.8) is 0 Å². The molecule has 1 unspecified atom stereocenters. The number of carboxylic acids is 1. The van der Waals surface area contributed by atoms with E-state index in [1.54, 1.807) is 24.3 Å². The number of para-hydroxylation sites is 1. The molecule has 0 saturated heterocycles. The maximum absolute atomic E-state index is 13.4. The van der Waals surface area contributed by atoms with Gasteiger partial charge in [0.25, 0.3) is 0 Å². The zero-order valence-electron chi connectivity index (χ0n) is 25.9. The maximum atomic E-state index is 13.4.